The van der Waals surface area contributed by atoms with Gasteiger partial charge in [0, 0.05) is 0 Å². The zero-order valence-corrected chi connectivity index (χ0v) is 21.0. The van der Waals surface area contributed by atoms with Crippen LogP contribution in [-0.4, -0.2) is 35.9 Å². The minimum absolute atomic E-state index is 0.160. The zero-order chi connectivity index (χ0) is 27.0. The van der Waals surface area contributed by atoms with Gasteiger partial charge in [-0.25, -0.2) is 0 Å². The highest BCUT2D eigenvalue weighted by Crippen LogP contribution is 2.33. The van der Waals surface area contributed by atoms with Crippen LogP contribution in [0.25, 0.3) is 6.08 Å². The Balaban J connectivity index is 1.68. The molecular formula is C25H23F3N4O4S. The molecule has 0 aliphatic rings. The number of rotatable bonds is 10. The minimum atomic E-state index is -4.68. The Labute approximate surface area is 215 Å². The standard InChI is InChI=1S/C25H23F3N4O4S/c1-4-34-20-13-17(8-9-19(20)35-10-11-36-21-15(2)6-5-7-16(21)3)12-18(14-29)22(33)30-24-32-31-23(37-24)25(26,27)28/h5-9,12-13H,4,10-11H2,1-3H3,(H,30,32,33). The fraction of sp³-hybridized carbons (Fsp3) is 0.280. The van der Waals surface area contributed by atoms with Crippen LogP contribution in [-0.2, 0) is 11.0 Å². The van der Waals surface area contributed by atoms with Crippen LogP contribution in [0.1, 0.15) is 28.6 Å². The largest absolute Gasteiger partial charge is 0.490 e. The number of anilines is 1. The molecule has 1 aromatic heterocycles. The van der Waals surface area contributed by atoms with E-state index in [4.69, 9.17) is 14.2 Å². The molecule has 0 spiro atoms. The van der Waals surface area contributed by atoms with Crippen LogP contribution in [0.15, 0.2) is 42.0 Å². The number of nitrogens with zero attached hydrogens (tertiary/aromatic N) is 3. The summed E-state index contributed by atoms with van der Waals surface area (Å²) < 4.78 is 55.4. The SMILES string of the molecule is CCOc1cc(C=C(C#N)C(=O)Nc2nnc(C(F)(F)F)s2)ccc1OCCOc1c(C)cccc1C. The van der Waals surface area contributed by atoms with E-state index in [2.05, 4.69) is 15.5 Å². The predicted octanol–water partition coefficient (Wildman–Crippen LogP) is 5.58. The van der Waals surface area contributed by atoms with Gasteiger partial charge in [0.05, 0.1) is 6.61 Å². The summed E-state index contributed by atoms with van der Waals surface area (Å²) in [6.45, 7) is 6.61. The van der Waals surface area contributed by atoms with E-state index in [9.17, 15) is 23.2 Å². The molecule has 0 saturated carbocycles. The second-order valence-electron chi connectivity index (χ2n) is 7.59. The first kappa shape index (κ1) is 27.5. The lowest BCUT2D eigenvalue weighted by Crippen LogP contribution is -2.13. The molecule has 0 unspecified atom stereocenters. The molecule has 0 aliphatic carbocycles. The number of carbonyl (C=O) groups excluding carboxylic acids is 1. The van der Waals surface area contributed by atoms with Gasteiger partial charge < -0.3 is 14.2 Å². The van der Waals surface area contributed by atoms with Crippen LogP contribution < -0.4 is 19.5 Å². The summed E-state index contributed by atoms with van der Waals surface area (Å²) in [5.74, 6) is 0.719. The first-order valence-electron chi connectivity index (χ1n) is 11.0. The molecule has 0 atom stereocenters. The first-order valence-corrected chi connectivity index (χ1v) is 11.9. The number of nitriles is 1. The Bertz CT molecular complexity index is 1310. The van der Waals surface area contributed by atoms with Gasteiger partial charge in [-0.3, -0.25) is 10.1 Å². The number of alkyl halides is 3. The van der Waals surface area contributed by atoms with E-state index in [0.29, 0.717) is 30.3 Å². The van der Waals surface area contributed by atoms with Crippen molar-refractivity contribution in [2.24, 2.45) is 0 Å². The normalized spacial score (nSPS) is 11.5. The lowest BCUT2D eigenvalue weighted by molar-refractivity contribution is -0.138. The van der Waals surface area contributed by atoms with Crippen molar-refractivity contribution in [3.05, 3.63) is 63.7 Å². The lowest BCUT2D eigenvalue weighted by Gasteiger charge is -2.15. The maximum absolute atomic E-state index is 12.7. The number of halogens is 3. The van der Waals surface area contributed by atoms with E-state index in [1.807, 2.05) is 32.0 Å². The van der Waals surface area contributed by atoms with E-state index in [1.165, 1.54) is 6.08 Å². The minimum Gasteiger partial charge on any atom is -0.490 e. The Morgan fingerprint density at radius 3 is 2.41 bits per heavy atom. The molecule has 0 aliphatic heterocycles. The van der Waals surface area contributed by atoms with Gasteiger partial charge in [-0.15, -0.1) is 10.2 Å². The number of aromatic nitrogens is 2. The molecule has 194 valence electrons. The number of hydrogen-bond donors (Lipinski definition) is 1. The smallest absolute Gasteiger partial charge is 0.445 e. The molecule has 0 saturated heterocycles. The Kier molecular flexibility index (Phi) is 9.08. The topological polar surface area (TPSA) is 106 Å². The molecule has 37 heavy (non-hydrogen) atoms. The molecule has 0 radical (unpaired) electrons. The van der Waals surface area contributed by atoms with E-state index in [1.54, 1.807) is 31.2 Å². The molecule has 3 aromatic rings. The molecule has 3 rings (SSSR count). The number of ether oxygens (including phenoxy) is 3. The summed E-state index contributed by atoms with van der Waals surface area (Å²) in [5, 5.41) is 16.3. The summed E-state index contributed by atoms with van der Waals surface area (Å²) >= 11 is 0.160. The Morgan fingerprint density at radius 2 is 1.78 bits per heavy atom. The number of amides is 1. The van der Waals surface area contributed by atoms with E-state index < -0.39 is 17.1 Å². The fourth-order valence-electron chi connectivity index (χ4n) is 3.19. The molecule has 12 heteroatoms. The predicted molar refractivity (Wildman–Crippen MR) is 132 cm³/mol. The molecule has 1 amide bonds. The quantitative estimate of drug-likeness (QED) is 0.207. The number of nitrogens with one attached hydrogen (secondary N) is 1. The third-order valence-electron chi connectivity index (χ3n) is 4.83. The number of aryl methyl sites for hydroxylation is 2. The van der Waals surface area contributed by atoms with Gasteiger partial charge in [0.2, 0.25) is 10.1 Å². The molecule has 1 heterocycles. The zero-order valence-electron chi connectivity index (χ0n) is 20.2. The molecule has 1 N–H and O–H groups in total. The summed E-state index contributed by atoms with van der Waals surface area (Å²) in [6, 6.07) is 12.4. The highest BCUT2D eigenvalue weighted by atomic mass is 32.1. The van der Waals surface area contributed by atoms with Crippen molar-refractivity contribution in [3.8, 4) is 23.3 Å². The summed E-state index contributed by atoms with van der Waals surface area (Å²) in [5.41, 5.74) is 2.15. The molecular weight excluding hydrogens is 509 g/mol. The monoisotopic (exact) mass is 532 g/mol. The number of hydrogen-bond acceptors (Lipinski definition) is 8. The van der Waals surface area contributed by atoms with Gasteiger partial charge >= 0.3 is 6.18 Å². The van der Waals surface area contributed by atoms with Crippen molar-refractivity contribution in [2.45, 2.75) is 26.9 Å². The van der Waals surface area contributed by atoms with Gasteiger partial charge in [-0.05, 0) is 55.7 Å². The summed E-state index contributed by atoms with van der Waals surface area (Å²) in [4.78, 5) is 12.4. The third kappa shape index (κ3) is 7.44. The fourth-order valence-corrected chi connectivity index (χ4v) is 3.80. The average molecular weight is 533 g/mol. The summed E-state index contributed by atoms with van der Waals surface area (Å²) in [6.07, 6.45) is -3.41. The van der Waals surface area contributed by atoms with Crippen LogP contribution in [0.5, 0.6) is 17.2 Å². The van der Waals surface area contributed by atoms with Crippen LogP contribution in [0, 0.1) is 25.2 Å². The molecule has 0 fully saturated rings. The van der Waals surface area contributed by atoms with Crippen LogP contribution in [0.3, 0.4) is 0 Å². The van der Waals surface area contributed by atoms with Gasteiger partial charge in [0.1, 0.15) is 30.6 Å². The molecule has 0 bridgehead atoms. The Morgan fingerprint density at radius 1 is 1.08 bits per heavy atom. The highest BCUT2D eigenvalue weighted by Gasteiger charge is 2.35. The van der Waals surface area contributed by atoms with Crippen molar-refractivity contribution in [1.82, 2.24) is 10.2 Å². The van der Waals surface area contributed by atoms with Crippen molar-refractivity contribution in [1.29, 1.82) is 5.26 Å². The van der Waals surface area contributed by atoms with Crippen LogP contribution >= 0.6 is 11.3 Å². The highest BCUT2D eigenvalue weighted by molar-refractivity contribution is 7.15. The lowest BCUT2D eigenvalue weighted by atomic mass is 10.1. The van der Waals surface area contributed by atoms with Crippen molar-refractivity contribution in [3.63, 3.8) is 0 Å². The molecule has 8 nitrogen and oxygen atoms in total. The number of para-hydroxylation sites is 1. The van der Waals surface area contributed by atoms with Crippen molar-refractivity contribution < 1.29 is 32.2 Å². The van der Waals surface area contributed by atoms with E-state index in [0.717, 1.165) is 16.9 Å². The van der Waals surface area contributed by atoms with Crippen LogP contribution in [0.2, 0.25) is 0 Å². The number of benzene rings is 2. The van der Waals surface area contributed by atoms with Crippen molar-refractivity contribution >= 4 is 28.5 Å². The summed E-state index contributed by atoms with van der Waals surface area (Å²) in [7, 11) is 0. The van der Waals surface area contributed by atoms with Gasteiger partial charge in [0.15, 0.2) is 11.5 Å². The van der Waals surface area contributed by atoms with Crippen molar-refractivity contribution in [2.75, 3.05) is 25.1 Å². The van der Waals surface area contributed by atoms with Gasteiger partial charge in [-0.1, -0.05) is 35.6 Å². The maximum atomic E-state index is 12.7. The van der Waals surface area contributed by atoms with Gasteiger partial charge in [-0.2, -0.15) is 18.4 Å². The first-order chi connectivity index (χ1) is 17.6. The van der Waals surface area contributed by atoms with E-state index in [-0.39, 0.29) is 28.6 Å². The van der Waals surface area contributed by atoms with Gasteiger partial charge in [0.25, 0.3) is 5.91 Å². The second kappa shape index (κ2) is 12.2. The number of carbonyl (C=O) groups is 1. The maximum Gasteiger partial charge on any atom is 0.445 e. The second-order valence-corrected chi connectivity index (χ2v) is 8.57. The third-order valence-corrected chi connectivity index (χ3v) is 5.71. The van der Waals surface area contributed by atoms with Crippen LogP contribution in [0.4, 0.5) is 18.3 Å². The average Bonchev–Trinajstić information content (AvgIpc) is 3.32. The molecule has 2 aromatic carbocycles. The Hall–Kier alpha value is -4.11. The van der Waals surface area contributed by atoms with E-state index >= 15 is 0 Å².